The maximum absolute atomic E-state index is 12.6. The van der Waals surface area contributed by atoms with Crippen LogP contribution in [0.1, 0.15) is 24.8 Å². The van der Waals surface area contributed by atoms with E-state index >= 15 is 0 Å². The van der Waals surface area contributed by atoms with Gasteiger partial charge < -0.3 is 15.7 Å². The van der Waals surface area contributed by atoms with Crippen LogP contribution in [0.15, 0.2) is 30.3 Å². The summed E-state index contributed by atoms with van der Waals surface area (Å²) in [7, 11) is 0. The molecular weight excluding hydrogens is 292 g/mol. The first-order chi connectivity index (χ1) is 11.2. The van der Waals surface area contributed by atoms with Crippen molar-refractivity contribution in [2.24, 2.45) is 0 Å². The van der Waals surface area contributed by atoms with E-state index in [2.05, 4.69) is 20.8 Å². The number of carbonyl (C=O) groups excluding carboxylic acids is 1. The van der Waals surface area contributed by atoms with Gasteiger partial charge in [-0.3, -0.25) is 4.79 Å². The standard InChI is InChI=1S/C17H18N4O2/c22-14-6-2-1-5-11(14)13-9-12-15(21-20-13)19-16(23)17(12)7-3-4-8-18-10-17/h1-2,5-6,9,18,22H,3-4,7-8,10H2,(H,19,21,23)/t17-/m0/s1. The lowest BCUT2D eigenvalue weighted by molar-refractivity contribution is -0.120. The Morgan fingerprint density at radius 3 is 2.91 bits per heavy atom. The molecule has 118 valence electrons. The number of rotatable bonds is 1. The van der Waals surface area contributed by atoms with Crippen molar-refractivity contribution < 1.29 is 9.90 Å². The average Bonchev–Trinajstić information content (AvgIpc) is 2.72. The quantitative estimate of drug-likeness (QED) is 0.748. The van der Waals surface area contributed by atoms with Gasteiger partial charge in [-0.25, -0.2) is 0 Å². The smallest absolute Gasteiger partial charge is 0.237 e. The van der Waals surface area contributed by atoms with Crippen molar-refractivity contribution in [3.8, 4) is 17.0 Å². The van der Waals surface area contributed by atoms with E-state index in [0.717, 1.165) is 31.4 Å². The summed E-state index contributed by atoms with van der Waals surface area (Å²) in [4.78, 5) is 12.6. The Hall–Kier alpha value is -2.47. The molecule has 2 aliphatic rings. The Kier molecular flexibility index (Phi) is 3.27. The molecule has 1 aromatic carbocycles. The van der Waals surface area contributed by atoms with E-state index < -0.39 is 5.41 Å². The number of anilines is 1. The highest BCUT2D eigenvalue weighted by Gasteiger charge is 2.47. The molecule has 2 aliphatic heterocycles. The van der Waals surface area contributed by atoms with Crippen LogP contribution in [0.4, 0.5) is 5.82 Å². The summed E-state index contributed by atoms with van der Waals surface area (Å²) in [5.74, 6) is 0.690. The minimum absolute atomic E-state index is 0.00867. The number of amides is 1. The van der Waals surface area contributed by atoms with Crippen LogP contribution in [0.3, 0.4) is 0 Å². The molecule has 23 heavy (non-hydrogen) atoms. The molecule has 3 N–H and O–H groups in total. The molecule has 0 unspecified atom stereocenters. The predicted octanol–water partition coefficient (Wildman–Crippen LogP) is 1.81. The first-order valence-electron chi connectivity index (χ1n) is 7.89. The van der Waals surface area contributed by atoms with Crippen molar-refractivity contribution in [3.63, 3.8) is 0 Å². The Bertz CT molecular complexity index is 767. The Balaban J connectivity index is 1.84. The van der Waals surface area contributed by atoms with Crippen molar-refractivity contribution in [3.05, 3.63) is 35.9 Å². The van der Waals surface area contributed by atoms with Crippen LogP contribution in [0.2, 0.25) is 0 Å². The topological polar surface area (TPSA) is 87.1 Å². The van der Waals surface area contributed by atoms with Crippen molar-refractivity contribution in [2.75, 3.05) is 18.4 Å². The van der Waals surface area contributed by atoms with Gasteiger partial charge in [0.1, 0.15) is 5.75 Å². The van der Waals surface area contributed by atoms with Crippen LogP contribution in [0.25, 0.3) is 11.3 Å². The molecule has 1 spiro atoms. The first kappa shape index (κ1) is 14.1. The second-order valence-corrected chi connectivity index (χ2v) is 6.18. The minimum Gasteiger partial charge on any atom is -0.507 e. The highest BCUT2D eigenvalue weighted by Crippen LogP contribution is 2.42. The monoisotopic (exact) mass is 310 g/mol. The van der Waals surface area contributed by atoms with Crippen molar-refractivity contribution in [2.45, 2.75) is 24.7 Å². The van der Waals surface area contributed by atoms with Crippen LogP contribution in [0, 0.1) is 0 Å². The van der Waals surface area contributed by atoms with Gasteiger partial charge in [0.15, 0.2) is 5.82 Å². The van der Waals surface area contributed by atoms with Crippen LogP contribution in [-0.2, 0) is 10.2 Å². The lowest BCUT2D eigenvalue weighted by Crippen LogP contribution is -2.42. The van der Waals surface area contributed by atoms with Gasteiger partial charge in [-0.2, -0.15) is 0 Å². The summed E-state index contributed by atoms with van der Waals surface area (Å²) < 4.78 is 0. The van der Waals surface area contributed by atoms with Crippen LogP contribution in [0.5, 0.6) is 5.75 Å². The lowest BCUT2D eigenvalue weighted by atomic mass is 9.78. The number of aromatic nitrogens is 2. The molecule has 1 amide bonds. The second-order valence-electron chi connectivity index (χ2n) is 6.18. The number of nitrogens with zero attached hydrogens (tertiary/aromatic N) is 2. The number of nitrogens with one attached hydrogen (secondary N) is 2. The van der Waals surface area contributed by atoms with Gasteiger partial charge in [0.25, 0.3) is 0 Å². The van der Waals surface area contributed by atoms with E-state index in [1.165, 1.54) is 0 Å². The lowest BCUT2D eigenvalue weighted by Gasteiger charge is -2.25. The summed E-state index contributed by atoms with van der Waals surface area (Å²) in [6.45, 7) is 1.53. The number of hydrogen-bond acceptors (Lipinski definition) is 5. The number of benzene rings is 1. The SMILES string of the molecule is O=C1Nc2nnc(-c3ccccc3O)cc2[C@@]12CCCCNC2. The van der Waals surface area contributed by atoms with Crippen molar-refractivity contribution in [1.82, 2.24) is 15.5 Å². The molecule has 0 radical (unpaired) electrons. The number of aromatic hydroxyl groups is 1. The number of phenolic OH excluding ortho intramolecular Hbond substituents is 1. The van der Waals surface area contributed by atoms with E-state index in [1.807, 2.05) is 12.1 Å². The first-order valence-corrected chi connectivity index (χ1v) is 7.89. The fourth-order valence-electron chi connectivity index (χ4n) is 3.51. The van der Waals surface area contributed by atoms with E-state index in [4.69, 9.17) is 0 Å². The van der Waals surface area contributed by atoms with Gasteiger partial charge >= 0.3 is 0 Å². The summed E-state index contributed by atoms with van der Waals surface area (Å²) >= 11 is 0. The normalized spacial score (nSPS) is 23.4. The number of hydrogen-bond donors (Lipinski definition) is 3. The molecule has 1 aromatic heterocycles. The van der Waals surface area contributed by atoms with Gasteiger partial charge in [-0.05, 0) is 37.6 Å². The molecule has 3 heterocycles. The maximum Gasteiger partial charge on any atom is 0.237 e. The van der Waals surface area contributed by atoms with E-state index in [1.54, 1.807) is 18.2 Å². The summed E-state index contributed by atoms with van der Waals surface area (Å²) in [5.41, 5.74) is 1.51. The summed E-state index contributed by atoms with van der Waals surface area (Å²) in [6.07, 6.45) is 2.86. The van der Waals surface area contributed by atoms with Gasteiger partial charge in [-0.1, -0.05) is 18.6 Å². The third kappa shape index (κ3) is 2.17. The largest absolute Gasteiger partial charge is 0.507 e. The maximum atomic E-state index is 12.6. The molecule has 0 aliphatic carbocycles. The highest BCUT2D eigenvalue weighted by atomic mass is 16.3. The van der Waals surface area contributed by atoms with Gasteiger partial charge in [0.2, 0.25) is 5.91 Å². The molecule has 4 rings (SSSR count). The molecule has 1 saturated heterocycles. The fourth-order valence-corrected chi connectivity index (χ4v) is 3.51. The highest BCUT2D eigenvalue weighted by molar-refractivity contribution is 6.05. The zero-order valence-corrected chi connectivity index (χ0v) is 12.7. The molecule has 6 heteroatoms. The molecule has 2 aromatic rings. The van der Waals surface area contributed by atoms with Crippen molar-refractivity contribution in [1.29, 1.82) is 0 Å². The van der Waals surface area contributed by atoms with Crippen molar-refractivity contribution >= 4 is 11.7 Å². The van der Waals surface area contributed by atoms with E-state index in [9.17, 15) is 9.90 Å². The van der Waals surface area contributed by atoms with E-state index in [-0.39, 0.29) is 11.7 Å². The van der Waals surface area contributed by atoms with Gasteiger partial charge in [0, 0.05) is 17.7 Å². The third-order valence-electron chi connectivity index (χ3n) is 4.79. The minimum atomic E-state index is -0.582. The fraction of sp³-hybridized carbons (Fsp3) is 0.353. The molecule has 0 bridgehead atoms. The molecule has 0 saturated carbocycles. The van der Waals surface area contributed by atoms with Gasteiger partial charge in [-0.15, -0.1) is 10.2 Å². The van der Waals surface area contributed by atoms with Crippen LogP contribution < -0.4 is 10.6 Å². The Labute approximate surface area is 133 Å². The van der Waals surface area contributed by atoms with Crippen LogP contribution in [-0.4, -0.2) is 34.3 Å². The zero-order chi connectivity index (χ0) is 15.9. The number of fused-ring (bicyclic) bond motifs is 2. The summed E-state index contributed by atoms with van der Waals surface area (Å²) in [5, 5.41) is 24.6. The second kappa shape index (κ2) is 5.31. The van der Waals surface area contributed by atoms with Crippen LogP contribution >= 0.6 is 0 Å². The number of phenols is 1. The zero-order valence-electron chi connectivity index (χ0n) is 12.7. The molecule has 1 atom stereocenters. The number of para-hydroxylation sites is 1. The molecule has 1 fully saturated rings. The molecular formula is C17H18N4O2. The Morgan fingerprint density at radius 1 is 1.17 bits per heavy atom. The summed E-state index contributed by atoms with van der Waals surface area (Å²) in [6, 6.07) is 8.92. The average molecular weight is 310 g/mol. The number of carbonyl (C=O) groups is 1. The van der Waals surface area contributed by atoms with E-state index in [0.29, 0.717) is 23.6 Å². The third-order valence-corrected chi connectivity index (χ3v) is 4.79. The molecule has 6 nitrogen and oxygen atoms in total. The Morgan fingerprint density at radius 2 is 2.04 bits per heavy atom. The predicted molar refractivity (Wildman–Crippen MR) is 86.2 cm³/mol. The van der Waals surface area contributed by atoms with Gasteiger partial charge in [0.05, 0.1) is 11.1 Å².